The molecule has 3 heteroatoms. The Hall–Kier alpha value is -0.120. The minimum absolute atomic E-state index is 0.809. The molecule has 16 heavy (non-hydrogen) atoms. The molecule has 0 radical (unpaired) electrons. The van der Waals surface area contributed by atoms with Crippen LogP contribution in [0, 0.1) is 0 Å². The van der Waals surface area contributed by atoms with Gasteiger partial charge in [-0.1, -0.05) is 12.8 Å². The van der Waals surface area contributed by atoms with E-state index in [1.54, 1.807) is 7.11 Å². The second-order valence-corrected chi connectivity index (χ2v) is 5.20. The maximum Gasteiger partial charge on any atom is 0.0589 e. The summed E-state index contributed by atoms with van der Waals surface area (Å²) in [6.07, 6.45) is 8.42. The monoisotopic (exact) mass is 226 g/mol. The Balaban J connectivity index is 1.57. The van der Waals surface area contributed by atoms with Crippen molar-refractivity contribution < 1.29 is 4.74 Å². The third-order valence-corrected chi connectivity index (χ3v) is 3.83. The van der Waals surface area contributed by atoms with Crippen LogP contribution >= 0.6 is 0 Å². The molecule has 2 fully saturated rings. The summed E-state index contributed by atoms with van der Waals surface area (Å²) in [4.78, 5) is 2.59. The highest BCUT2D eigenvalue weighted by Crippen LogP contribution is 2.26. The van der Waals surface area contributed by atoms with Gasteiger partial charge in [-0.25, -0.2) is 0 Å². The van der Waals surface area contributed by atoms with Crippen LogP contribution < -0.4 is 5.32 Å². The molecule has 2 aliphatic rings. The predicted molar refractivity (Wildman–Crippen MR) is 66.7 cm³/mol. The first-order valence-corrected chi connectivity index (χ1v) is 6.86. The fourth-order valence-corrected chi connectivity index (χ4v) is 2.67. The fourth-order valence-electron chi connectivity index (χ4n) is 2.67. The maximum absolute atomic E-state index is 5.17. The molecule has 0 aromatic rings. The van der Waals surface area contributed by atoms with Crippen molar-refractivity contribution in [2.75, 3.05) is 33.4 Å². The van der Waals surface area contributed by atoms with Crippen LogP contribution in [0.15, 0.2) is 0 Å². The Morgan fingerprint density at radius 1 is 1.12 bits per heavy atom. The van der Waals surface area contributed by atoms with Crippen LogP contribution in [0.4, 0.5) is 0 Å². The van der Waals surface area contributed by atoms with E-state index in [2.05, 4.69) is 10.2 Å². The minimum atomic E-state index is 0.809. The van der Waals surface area contributed by atoms with E-state index in [9.17, 15) is 0 Å². The number of ether oxygens (including phenoxy) is 1. The summed E-state index contributed by atoms with van der Waals surface area (Å²) >= 11 is 0. The van der Waals surface area contributed by atoms with E-state index in [4.69, 9.17) is 4.74 Å². The number of hydrogen-bond acceptors (Lipinski definition) is 3. The van der Waals surface area contributed by atoms with Gasteiger partial charge in [0.1, 0.15) is 0 Å². The van der Waals surface area contributed by atoms with Gasteiger partial charge in [-0.15, -0.1) is 0 Å². The van der Waals surface area contributed by atoms with Crippen LogP contribution in [0.25, 0.3) is 0 Å². The summed E-state index contributed by atoms with van der Waals surface area (Å²) < 4.78 is 5.17. The molecule has 2 rings (SSSR count). The summed E-state index contributed by atoms with van der Waals surface area (Å²) in [7, 11) is 1.79. The van der Waals surface area contributed by atoms with Gasteiger partial charge in [0.2, 0.25) is 0 Å². The summed E-state index contributed by atoms with van der Waals surface area (Å²) in [5, 5.41) is 3.69. The van der Waals surface area contributed by atoms with Crippen LogP contribution in [-0.2, 0) is 4.74 Å². The van der Waals surface area contributed by atoms with E-state index in [1.165, 1.54) is 45.1 Å². The zero-order chi connectivity index (χ0) is 11.2. The molecular formula is C13H26N2O. The first-order chi connectivity index (χ1) is 7.90. The van der Waals surface area contributed by atoms with Crippen molar-refractivity contribution in [3.63, 3.8) is 0 Å². The van der Waals surface area contributed by atoms with E-state index < -0.39 is 0 Å². The van der Waals surface area contributed by atoms with Crippen molar-refractivity contribution in [3.8, 4) is 0 Å². The van der Waals surface area contributed by atoms with E-state index in [0.29, 0.717) is 0 Å². The van der Waals surface area contributed by atoms with Gasteiger partial charge in [0.05, 0.1) is 6.61 Å². The molecule has 0 heterocycles. The van der Waals surface area contributed by atoms with Crippen molar-refractivity contribution in [2.24, 2.45) is 0 Å². The highest BCUT2D eigenvalue weighted by atomic mass is 16.5. The molecule has 0 saturated heterocycles. The van der Waals surface area contributed by atoms with E-state index in [1.807, 2.05) is 0 Å². The molecule has 0 unspecified atom stereocenters. The molecule has 2 saturated carbocycles. The summed E-state index contributed by atoms with van der Waals surface area (Å²) in [5.41, 5.74) is 0. The molecule has 0 atom stereocenters. The number of nitrogens with zero attached hydrogens (tertiary/aromatic N) is 1. The first kappa shape index (κ1) is 12.3. The second-order valence-electron chi connectivity index (χ2n) is 5.20. The quantitative estimate of drug-likeness (QED) is 0.681. The number of nitrogens with one attached hydrogen (secondary N) is 1. The van der Waals surface area contributed by atoms with Crippen LogP contribution in [0.5, 0.6) is 0 Å². The van der Waals surface area contributed by atoms with Gasteiger partial charge >= 0.3 is 0 Å². The maximum atomic E-state index is 5.17. The van der Waals surface area contributed by atoms with Crippen LogP contribution in [0.2, 0.25) is 0 Å². The van der Waals surface area contributed by atoms with Crippen LogP contribution in [0.3, 0.4) is 0 Å². The van der Waals surface area contributed by atoms with Crippen LogP contribution in [0.1, 0.15) is 38.5 Å². The molecule has 0 bridgehead atoms. The Morgan fingerprint density at radius 3 is 2.50 bits per heavy atom. The zero-order valence-corrected chi connectivity index (χ0v) is 10.6. The lowest BCUT2D eigenvalue weighted by atomic mass is 10.2. The van der Waals surface area contributed by atoms with Crippen LogP contribution in [-0.4, -0.2) is 50.3 Å². The molecular weight excluding hydrogens is 200 g/mol. The summed E-state index contributed by atoms with van der Waals surface area (Å²) in [6, 6.07) is 1.67. The third-order valence-electron chi connectivity index (χ3n) is 3.83. The van der Waals surface area contributed by atoms with Gasteiger partial charge in [0.15, 0.2) is 0 Å². The Bertz CT molecular complexity index is 188. The first-order valence-electron chi connectivity index (χ1n) is 6.86. The SMILES string of the molecule is COCCN(CCNC1CCCC1)C1CC1. The van der Waals surface area contributed by atoms with Crippen molar-refractivity contribution in [2.45, 2.75) is 50.6 Å². The normalized spacial score (nSPS) is 22.1. The van der Waals surface area contributed by atoms with Crippen molar-refractivity contribution in [3.05, 3.63) is 0 Å². The third kappa shape index (κ3) is 4.04. The zero-order valence-electron chi connectivity index (χ0n) is 10.6. The molecule has 0 spiro atoms. The van der Waals surface area contributed by atoms with E-state index >= 15 is 0 Å². The van der Waals surface area contributed by atoms with Crippen molar-refractivity contribution >= 4 is 0 Å². The number of methoxy groups -OCH3 is 1. The molecule has 0 aliphatic heterocycles. The average Bonchev–Trinajstić information content (AvgIpc) is 3.01. The summed E-state index contributed by atoms with van der Waals surface area (Å²) in [6.45, 7) is 4.34. The summed E-state index contributed by atoms with van der Waals surface area (Å²) in [5.74, 6) is 0. The van der Waals surface area contributed by atoms with Gasteiger partial charge in [-0.2, -0.15) is 0 Å². The molecule has 94 valence electrons. The largest absolute Gasteiger partial charge is 0.383 e. The lowest BCUT2D eigenvalue weighted by Crippen LogP contribution is -2.38. The highest BCUT2D eigenvalue weighted by molar-refractivity contribution is 4.85. The fraction of sp³-hybridized carbons (Fsp3) is 1.00. The number of hydrogen-bond donors (Lipinski definition) is 1. The molecule has 0 aromatic carbocycles. The smallest absolute Gasteiger partial charge is 0.0589 e. The molecule has 0 aromatic heterocycles. The van der Waals surface area contributed by atoms with Crippen molar-refractivity contribution in [1.82, 2.24) is 10.2 Å². The van der Waals surface area contributed by atoms with E-state index in [0.717, 1.165) is 31.8 Å². The van der Waals surface area contributed by atoms with Gasteiger partial charge in [-0.3, -0.25) is 4.90 Å². The minimum Gasteiger partial charge on any atom is -0.383 e. The molecule has 3 nitrogen and oxygen atoms in total. The molecule has 2 aliphatic carbocycles. The number of rotatable bonds is 8. The molecule has 1 N–H and O–H groups in total. The van der Waals surface area contributed by atoms with E-state index in [-0.39, 0.29) is 0 Å². The Kier molecular flexibility index (Phi) is 5.07. The van der Waals surface area contributed by atoms with Crippen molar-refractivity contribution in [1.29, 1.82) is 0 Å². The van der Waals surface area contributed by atoms with Gasteiger partial charge in [-0.05, 0) is 25.7 Å². The van der Waals surface area contributed by atoms with Gasteiger partial charge in [0.25, 0.3) is 0 Å². The lowest BCUT2D eigenvalue weighted by molar-refractivity contribution is 0.143. The molecule has 0 amide bonds. The topological polar surface area (TPSA) is 24.5 Å². The Morgan fingerprint density at radius 2 is 1.88 bits per heavy atom. The van der Waals surface area contributed by atoms with Gasteiger partial charge in [0, 0.05) is 38.8 Å². The lowest BCUT2D eigenvalue weighted by Gasteiger charge is -2.22. The Labute approximate surface area is 99.5 Å². The average molecular weight is 226 g/mol. The second kappa shape index (κ2) is 6.58. The standard InChI is InChI=1S/C13H26N2O/c1-16-11-10-15(13-6-7-13)9-8-14-12-4-2-3-5-12/h12-14H,2-11H2,1H3. The van der Waals surface area contributed by atoms with Gasteiger partial charge < -0.3 is 10.1 Å². The highest BCUT2D eigenvalue weighted by Gasteiger charge is 2.28. The predicted octanol–water partition coefficient (Wildman–Crippen LogP) is 1.63.